The van der Waals surface area contributed by atoms with Crippen LogP contribution in [0.15, 0.2) is 78.9 Å². The van der Waals surface area contributed by atoms with Gasteiger partial charge in [0.25, 0.3) is 5.91 Å². The molecular weight excluding hydrogens is 418 g/mol. The molecule has 5 nitrogen and oxygen atoms in total. The molecule has 150 valence electrons. The lowest BCUT2D eigenvalue weighted by molar-refractivity contribution is -0.118. The van der Waals surface area contributed by atoms with Gasteiger partial charge in [-0.1, -0.05) is 77.5 Å². The smallest absolute Gasteiger partial charge is 0.264 e. The molecule has 0 saturated heterocycles. The summed E-state index contributed by atoms with van der Waals surface area (Å²) in [7, 11) is 0. The summed E-state index contributed by atoms with van der Waals surface area (Å²) in [5.41, 5.74) is 3.30. The SMILES string of the molecule is O=C(COc1ccc(-c2ccccc2)cc1)Nc1nnc(Cc2ccc(Cl)cc2)s1. The van der Waals surface area contributed by atoms with Crippen molar-refractivity contribution in [1.29, 1.82) is 0 Å². The molecule has 3 aromatic carbocycles. The van der Waals surface area contributed by atoms with E-state index in [4.69, 9.17) is 16.3 Å². The molecule has 0 unspecified atom stereocenters. The number of ether oxygens (including phenoxy) is 1. The van der Waals surface area contributed by atoms with Gasteiger partial charge in [0.15, 0.2) is 6.61 Å². The number of rotatable bonds is 7. The van der Waals surface area contributed by atoms with E-state index in [2.05, 4.69) is 15.5 Å². The fourth-order valence-corrected chi connectivity index (χ4v) is 3.75. The van der Waals surface area contributed by atoms with Crippen molar-refractivity contribution in [2.75, 3.05) is 11.9 Å². The molecule has 0 bridgehead atoms. The summed E-state index contributed by atoms with van der Waals surface area (Å²) in [5.74, 6) is 0.349. The quantitative estimate of drug-likeness (QED) is 0.418. The van der Waals surface area contributed by atoms with E-state index in [9.17, 15) is 4.79 Å². The van der Waals surface area contributed by atoms with Crippen molar-refractivity contribution in [3.05, 3.63) is 94.5 Å². The van der Waals surface area contributed by atoms with Gasteiger partial charge < -0.3 is 4.74 Å². The Balaban J connectivity index is 1.28. The lowest BCUT2D eigenvalue weighted by Gasteiger charge is -2.07. The predicted molar refractivity (Wildman–Crippen MR) is 120 cm³/mol. The van der Waals surface area contributed by atoms with Gasteiger partial charge >= 0.3 is 0 Å². The first-order valence-corrected chi connectivity index (χ1v) is 10.5. The Morgan fingerprint density at radius 3 is 2.33 bits per heavy atom. The predicted octanol–water partition coefficient (Wildman–Crippen LogP) is 5.47. The van der Waals surface area contributed by atoms with Crippen LogP contribution < -0.4 is 10.1 Å². The Hall–Kier alpha value is -3.22. The first kappa shape index (κ1) is 20.1. The summed E-state index contributed by atoms with van der Waals surface area (Å²) in [5, 5.41) is 12.8. The molecule has 1 heterocycles. The summed E-state index contributed by atoms with van der Waals surface area (Å²) in [4.78, 5) is 12.2. The number of benzene rings is 3. The molecule has 4 aromatic rings. The molecule has 1 N–H and O–H groups in total. The molecule has 30 heavy (non-hydrogen) atoms. The van der Waals surface area contributed by atoms with Crippen LogP contribution in [0.1, 0.15) is 10.6 Å². The fraction of sp³-hybridized carbons (Fsp3) is 0.0870. The second-order valence-electron chi connectivity index (χ2n) is 6.53. The van der Waals surface area contributed by atoms with Gasteiger partial charge in [-0.3, -0.25) is 10.1 Å². The second kappa shape index (κ2) is 9.52. The zero-order valence-electron chi connectivity index (χ0n) is 15.9. The molecule has 0 spiro atoms. The Kier molecular flexibility index (Phi) is 6.37. The molecule has 0 aliphatic carbocycles. The highest BCUT2D eigenvalue weighted by molar-refractivity contribution is 7.15. The number of carbonyl (C=O) groups is 1. The summed E-state index contributed by atoms with van der Waals surface area (Å²) in [6, 6.07) is 25.3. The zero-order valence-corrected chi connectivity index (χ0v) is 17.5. The van der Waals surface area contributed by atoms with Crippen molar-refractivity contribution in [1.82, 2.24) is 10.2 Å². The Labute approximate surface area is 183 Å². The maximum atomic E-state index is 12.2. The molecule has 0 saturated carbocycles. The van der Waals surface area contributed by atoms with Gasteiger partial charge in [0, 0.05) is 11.4 Å². The number of nitrogens with one attached hydrogen (secondary N) is 1. The Bertz CT molecular complexity index is 1110. The number of halogens is 1. The van der Waals surface area contributed by atoms with Crippen molar-refractivity contribution in [2.45, 2.75) is 6.42 Å². The Morgan fingerprint density at radius 1 is 0.900 bits per heavy atom. The number of nitrogens with zero attached hydrogens (tertiary/aromatic N) is 2. The van der Waals surface area contributed by atoms with E-state index in [1.807, 2.05) is 78.9 Å². The third-order valence-corrected chi connectivity index (χ3v) is 5.40. The standard InChI is InChI=1S/C23H18ClN3O2S/c24-19-10-6-16(7-11-19)14-22-26-27-23(30-22)25-21(28)15-29-20-12-8-18(9-13-20)17-4-2-1-3-5-17/h1-13H,14-15H2,(H,25,27,28). The van der Waals surface area contributed by atoms with Crippen LogP contribution >= 0.6 is 22.9 Å². The molecular formula is C23H18ClN3O2S. The maximum Gasteiger partial charge on any atom is 0.264 e. The van der Waals surface area contributed by atoms with Crippen molar-refractivity contribution >= 4 is 34.0 Å². The van der Waals surface area contributed by atoms with Crippen molar-refractivity contribution in [3.8, 4) is 16.9 Å². The van der Waals surface area contributed by atoms with E-state index in [0.717, 1.165) is 21.7 Å². The van der Waals surface area contributed by atoms with Crippen LogP contribution in [0.5, 0.6) is 5.75 Å². The van der Waals surface area contributed by atoms with E-state index in [-0.39, 0.29) is 12.5 Å². The minimum atomic E-state index is -0.281. The first-order chi connectivity index (χ1) is 14.7. The van der Waals surface area contributed by atoms with Gasteiger partial charge in [0.2, 0.25) is 5.13 Å². The molecule has 1 amide bonds. The van der Waals surface area contributed by atoms with Crippen molar-refractivity contribution < 1.29 is 9.53 Å². The van der Waals surface area contributed by atoms with Crippen LogP contribution in [-0.4, -0.2) is 22.7 Å². The molecule has 7 heteroatoms. The van der Waals surface area contributed by atoms with Crippen LogP contribution in [0.25, 0.3) is 11.1 Å². The molecule has 4 rings (SSSR count). The topological polar surface area (TPSA) is 64.1 Å². The van der Waals surface area contributed by atoms with E-state index in [1.165, 1.54) is 11.3 Å². The monoisotopic (exact) mass is 435 g/mol. The molecule has 1 aromatic heterocycles. The molecule has 0 aliphatic heterocycles. The average Bonchev–Trinajstić information content (AvgIpc) is 3.21. The third-order valence-electron chi connectivity index (χ3n) is 4.31. The highest BCUT2D eigenvalue weighted by Gasteiger charge is 2.10. The maximum absolute atomic E-state index is 12.2. The van der Waals surface area contributed by atoms with Gasteiger partial charge in [0.05, 0.1) is 0 Å². The van der Waals surface area contributed by atoms with E-state index in [1.54, 1.807) is 0 Å². The van der Waals surface area contributed by atoms with Gasteiger partial charge in [-0.2, -0.15) is 0 Å². The molecule has 0 atom stereocenters. The normalized spacial score (nSPS) is 10.6. The minimum Gasteiger partial charge on any atom is -0.484 e. The number of hydrogen-bond acceptors (Lipinski definition) is 5. The summed E-state index contributed by atoms with van der Waals surface area (Å²) < 4.78 is 5.58. The number of aromatic nitrogens is 2. The van der Waals surface area contributed by atoms with Crippen LogP contribution in [0, 0.1) is 0 Å². The Morgan fingerprint density at radius 2 is 1.60 bits per heavy atom. The number of anilines is 1. The fourth-order valence-electron chi connectivity index (χ4n) is 2.83. The van der Waals surface area contributed by atoms with Gasteiger partial charge in [-0.15, -0.1) is 10.2 Å². The average molecular weight is 436 g/mol. The highest BCUT2D eigenvalue weighted by Crippen LogP contribution is 2.22. The van der Waals surface area contributed by atoms with Gasteiger partial charge in [0.1, 0.15) is 10.8 Å². The molecule has 0 fully saturated rings. The van der Waals surface area contributed by atoms with Crippen LogP contribution in [-0.2, 0) is 11.2 Å². The number of carbonyl (C=O) groups excluding carboxylic acids is 1. The zero-order chi connectivity index (χ0) is 20.8. The molecule has 0 radical (unpaired) electrons. The van der Waals surface area contributed by atoms with Crippen LogP contribution in [0.2, 0.25) is 5.02 Å². The highest BCUT2D eigenvalue weighted by atomic mass is 35.5. The van der Waals surface area contributed by atoms with Crippen LogP contribution in [0.4, 0.5) is 5.13 Å². The summed E-state index contributed by atoms with van der Waals surface area (Å²) in [6.45, 7) is -0.100. The second-order valence-corrected chi connectivity index (χ2v) is 8.03. The number of hydrogen-bond donors (Lipinski definition) is 1. The first-order valence-electron chi connectivity index (χ1n) is 9.31. The minimum absolute atomic E-state index is 0.100. The third kappa shape index (κ3) is 5.43. The van der Waals surface area contributed by atoms with Gasteiger partial charge in [-0.25, -0.2) is 0 Å². The van der Waals surface area contributed by atoms with Crippen LogP contribution in [0.3, 0.4) is 0 Å². The van der Waals surface area contributed by atoms with Crippen molar-refractivity contribution in [3.63, 3.8) is 0 Å². The molecule has 0 aliphatic rings. The largest absolute Gasteiger partial charge is 0.484 e. The van der Waals surface area contributed by atoms with E-state index < -0.39 is 0 Å². The lowest BCUT2D eigenvalue weighted by Crippen LogP contribution is -2.20. The number of amides is 1. The summed E-state index contributed by atoms with van der Waals surface area (Å²) in [6.07, 6.45) is 0.634. The van der Waals surface area contributed by atoms with E-state index in [0.29, 0.717) is 22.3 Å². The van der Waals surface area contributed by atoms with Crippen molar-refractivity contribution in [2.24, 2.45) is 0 Å². The lowest BCUT2D eigenvalue weighted by atomic mass is 10.1. The van der Waals surface area contributed by atoms with E-state index >= 15 is 0 Å². The summed E-state index contributed by atoms with van der Waals surface area (Å²) >= 11 is 7.24. The van der Waals surface area contributed by atoms with Gasteiger partial charge in [-0.05, 0) is 41.0 Å².